The maximum Gasteiger partial charge on any atom is 0.139 e. The number of rotatable bonds is 5. The number of nitrogens with one attached hydrogen (secondary N) is 1. The van der Waals surface area contributed by atoms with E-state index in [1.54, 1.807) is 11.8 Å². The first-order valence-electron chi connectivity index (χ1n) is 6.25. The number of nitrogen functional groups attached to an aromatic ring is 1. The summed E-state index contributed by atoms with van der Waals surface area (Å²) in [4.78, 5) is 9.57. The van der Waals surface area contributed by atoms with E-state index in [9.17, 15) is 0 Å². The van der Waals surface area contributed by atoms with Crippen molar-refractivity contribution < 1.29 is 0 Å². The smallest absolute Gasteiger partial charge is 0.139 e. The molecule has 4 nitrogen and oxygen atoms in total. The highest BCUT2D eigenvalue weighted by Gasteiger charge is 2.08. The summed E-state index contributed by atoms with van der Waals surface area (Å²) < 4.78 is 0. The Morgan fingerprint density at radius 3 is 2.89 bits per heavy atom. The van der Waals surface area contributed by atoms with E-state index in [0.29, 0.717) is 5.82 Å². The molecule has 1 aromatic carbocycles. The van der Waals surface area contributed by atoms with Crippen molar-refractivity contribution in [2.75, 3.05) is 17.3 Å². The second-order valence-electron chi connectivity index (χ2n) is 4.19. The molecule has 100 valence electrons. The topological polar surface area (TPSA) is 63.8 Å². The van der Waals surface area contributed by atoms with Gasteiger partial charge in [-0.25, -0.2) is 9.97 Å². The fourth-order valence-electron chi connectivity index (χ4n) is 1.87. The number of hydrogen-bond acceptors (Lipinski definition) is 5. The van der Waals surface area contributed by atoms with E-state index in [0.717, 1.165) is 29.9 Å². The second kappa shape index (κ2) is 6.43. The summed E-state index contributed by atoms with van der Waals surface area (Å²) in [6, 6.07) is 8.22. The third kappa shape index (κ3) is 3.38. The van der Waals surface area contributed by atoms with E-state index >= 15 is 0 Å². The Kier molecular flexibility index (Phi) is 4.63. The van der Waals surface area contributed by atoms with Gasteiger partial charge < -0.3 is 11.1 Å². The lowest BCUT2D eigenvalue weighted by Gasteiger charge is -2.12. The summed E-state index contributed by atoms with van der Waals surface area (Å²) >= 11 is 1.71. The van der Waals surface area contributed by atoms with Crippen LogP contribution in [0.4, 0.5) is 17.3 Å². The molecular formula is C14H18N4S. The zero-order valence-corrected chi connectivity index (χ0v) is 12.0. The monoisotopic (exact) mass is 274 g/mol. The third-order valence-corrected chi connectivity index (χ3v) is 3.54. The van der Waals surface area contributed by atoms with E-state index in [1.165, 1.54) is 11.2 Å². The summed E-state index contributed by atoms with van der Waals surface area (Å²) in [7, 11) is 0. The van der Waals surface area contributed by atoms with Crippen LogP contribution < -0.4 is 11.1 Å². The van der Waals surface area contributed by atoms with Crippen LogP contribution in [-0.2, 0) is 6.42 Å². The lowest BCUT2D eigenvalue weighted by Crippen LogP contribution is -2.05. The number of benzene rings is 1. The second-order valence-corrected chi connectivity index (χ2v) is 5.07. The van der Waals surface area contributed by atoms with Crippen LogP contribution in [0.25, 0.3) is 0 Å². The van der Waals surface area contributed by atoms with Crippen molar-refractivity contribution in [3.05, 3.63) is 36.2 Å². The van der Waals surface area contributed by atoms with Gasteiger partial charge in [0.25, 0.3) is 0 Å². The van der Waals surface area contributed by atoms with Gasteiger partial charge in [0, 0.05) is 16.1 Å². The maximum absolute atomic E-state index is 5.92. The predicted molar refractivity (Wildman–Crippen MR) is 81.9 cm³/mol. The van der Waals surface area contributed by atoms with Gasteiger partial charge in [0.1, 0.15) is 18.0 Å². The zero-order chi connectivity index (χ0) is 13.7. The van der Waals surface area contributed by atoms with Crippen LogP contribution >= 0.6 is 11.8 Å². The first-order chi connectivity index (χ1) is 9.24. The Labute approximate surface area is 117 Å². The van der Waals surface area contributed by atoms with E-state index in [2.05, 4.69) is 40.6 Å². The van der Waals surface area contributed by atoms with Crippen molar-refractivity contribution in [3.63, 3.8) is 0 Å². The maximum atomic E-state index is 5.92. The van der Waals surface area contributed by atoms with Gasteiger partial charge in [0.05, 0.1) is 0 Å². The predicted octanol–water partition coefficient (Wildman–Crippen LogP) is 3.48. The van der Waals surface area contributed by atoms with Crippen LogP contribution in [0.15, 0.2) is 35.5 Å². The summed E-state index contributed by atoms with van der Waals surface area (Å²) in [5.41, 5.74) is 7.92. The van der Waals surface area contributed by atoms with Crippen molar-refractivity contribution >= 4 is 29.1 Å². The number of nitrogens with zero attached hydrogens (tertiary/aromatic N) is 2. The molecule has 0 saturated carbocycles. The molecule has 1 aromatic heterocycles. The van der Waals surface area contributed by atoms with Crippen molar-refractivity contribution in [2.45, 2.75) is 24.7 Å². The average Bonchev–Trinajstić information content (AvgIpc) is 2.43. The number of thioether (sulfide) groups is 1. The van der Waals surface area contributed by atoms with Crippen LogP contribution in [0, 0.1) is 0 Å². The molecule has 0 aliphatic rings. The van der Waals surface area contributed by atoms with Gasteiger partial charge in [-0.3, -0.25) is 0 Å². The molecule has 2 aromatic rings. The average molecular weight is 274 g/mol. The summed E-state index contributed by atoms with van der Waals surface area (Å²) in [6.45, 7) is 2.12. The van der Waals surface area contributed by atoms with Gasteiger partial charge in [-0.1, -0.05) is 19.4 Å². The molecular weight excluding hydrogens is 256 g/mol. The minimum atomic E-state index is 0.556. The number of aromatic nitrogens is 2. The Hall–Kier alpha value is -1.75. The van der Waals surface area contributed by atoms with Crippen LogP contribution in [-0.4, -0.2) is 16.2 Å². The molecule has 0 saturated heterocycles. The van der Waals surface area contributed by atoms with E-state index in [-0.39, 0.29) is 0 Å². The quantitative estimate of drug-likeness (QED) is 0.817. The van der Waals surface area contributed by atoms with Gasteiger partial charge >= 0.3 is 0 Å². The summed E-state index contributed by atoms with van der Waals surface area (Å²) in [6.07, 6.45) is 5.44. The molecule has 19 heavy (non-hydrogen) atoms. The van der Waals surface area contributed by atoms with Gasteiger partial charge in [-0.2, -0.15) is 0 Å². The first-order valence-corrected chi connectivity index (χ1v) is 7.47. The lowest BCUT2D eigenvalue weighted by molar-refractivity contribution is 0.908. The number of nitrogens with two attached hydrogens (primary N) is 1. The van der Waals surface area contributed by atoms with Gasteiger partial charge in [-0.05, 0) is 30.9 Å². The normalized spacial score (nSPS) is 10.4. The molecule has 0 bridgehead atoms. The van der Waals surface area contributed by atoms with E-state index in [4.69, 9.17) is 5.73 Å². The van der Waals surface area contributed by atoms with Crippen LogP contribution in [0.2, 0.25) is 0 Å². The summed E-state index contributed by atoms with van der Waals surface area (Å²) in [5, 5.41) is 3.33. The Morgan fingerprint density at radius 2 is 2.16 bits per heavy atom. The molecule has 1 heterocycles. The Balaban J connectivity index is 2.29. The van der Waals surface area contributed by atoms with Crippen LogP contribution in [0.1, 0.15) is 18.9 Å². The highest BCUT2D eigenvalue weighted by Crippen LogP contribution is 2.25. The zero-order valence-electron chi connectivity index (χ0n) is 11.2. The SMILES string of the molecule is CCCc1c(N)ncnc1Nc1cccc(SC)c1. The molecule has 0 aliphatic heterocycles. The van der Waals surface area contributed by atoms with Crippen molar-refractivity contribution in [2.24, 2.45) is 0 Å². The highest BCUT2D eigenvalue weighted by atomic mass is 32.2. The fourth-order valence-corrected chi connectivity index (χ4v) is 2.33. The van der Waals surface area contributed by atoms with Gasteiger partial charge in [-0.15, -0.1) is 11.8 Å². The molecule has 0 fully saturated rings. The van der Waals surface area contributed by atoms with Crippen molar-refractivity contribution in [1.82, 2.24) is 9.97 Å². The minimum Gasteiger partial charge on any atom is -0.383 e. The molecule has 0 spiro atoms. The number of hydrogen-bond donors (Lipinski definition) is 2. The molecule has 2 rings (SSSR count). The van der Waals surface area contributed by atoms with Crippen LogP contribution in [0.3, 0.4) is 0 Å². The molecule has 0 atom stereocenters. The molecule has 0 unspecified atom stereocenters. The number of anilines is 3. The molecule has 5 heteroatoms. The largest absolute Gasteiger partial charge is 0.383 e. The van der Waals surface area contributed by atoms with Crippen molar-refractivity contribution in [1.29, 1.82) is 0 Å². The standard InChI is InChI=1S/C14H18N4S/c1-3-5-12-13(15)16-9-17-14(12)18-10-6-4-7-11(8-10)19-2/h4,6-9H,3,5H2,1-2H3,(H3,15,16,17,18). The van der Waals surface area contributed by atoms with E-state index in [1.807, 2.05) is 12.1 Å². The lowest BCUT2D eigenvalue weighted by atomic mass is 10.1. The summed E-state index contributed by atoms with van der Waals surface area (Å²) in [5.74, 6) is 1.35. The Morgan fingerprint density at radius 1 is 1.32 bits per heavy atom. The molecule has 0 aliphatic carbocycles. The first kappa shape index (κ1) is 13.7. The van der Waals surface area contributed by atoms with Gasteiger partial charge in [0.15, 0.2) is 0 Å². The fraction of sp³-hybridized carbons (Fsp3) is 0.286. The van der Waals surface area contributed by atoms with E-state index < -0.39 is 0 Å². The molecule has 0 radical (unpaired) electrons. The molecule has 3 N–H and O–H groups in total. The van der Waals surface area contributed by atoms with Crippen molar-refractivity contribution in [3.8, 4) is 0 Å². The third-order valence-electron chi connectivity index (χ3n) is 2.81. The highest BCUT2D eigenvalue weighted by molar-refractivity contribution is 7.98. The van der Waals surface area contributed by atoms with Crippen LogP contribution in [0.5, 0.6) is 0 Å². The molecule has 0 amide bonds. The Bertz CT molecular complexity index is 557. The van der Waals surface area contributed by atoms with Gasteiger partial charge in [0.2, 0.25) is 0 Å². The minimum absolute atomic E-state index is 0.556.